The number of benzene rings is 1. The summed E-state index contributed by atoms with van der Waals surface area (Å²) in [4.78, 5) is 22.8. The predicted molar refractivity (Wildman–Crippen MR) is 123 cm³/mol. The molecule has 12 heteroatoms. The number of aromatic nitrogens is 2. The van der Waals surface area contributed by atoms with Crippen molar-refractivity contribution in [2.24, 2.45) is 5.92 Å². The Bertz CT molecular complexity index is 1050. The van der Waals surface area contributed by atoms with Crippen molar-refractivity contribution in [3.8, 4) is 6.07 Å². The lowest BCUT2D eigenvalue weighted by atomic mass is 9.96. The fraction of sp³-hybridized carbons (Fsp3) is 0.455. The molecule has 0 saturated carbocycles. The number of nitrogens with two attached hydrogens (primary N) is 1. The van der Waals surface area contributed by atoms with Gasteiger partial charge in [-0.1, -0.05) is 6.07 Å². The van der Waals surface area contributed by atoms with Crippen LogP contribution in [0.15, 0.2) is 29.3 Å². The van der Waals surface area contributed by atoms with Gasteiger partial charge in [-0.3, -0.25) is 4.79 Å². The van der Waals surface area contributed by atoms with Gasteiger partial charge in [0.2, 0.25) is 11.9 Å². The molecule has 1 saturated heterocycles. The molecule has 2 heterocycles. The van der Waals surface area contributed by atoms with Crippen LogP contribution in [0.1, 0.15) is 30.4 Å². The average molecular weight is 495 g/mol. The smallest absolute Gasteiger partial charge is 0.381 e. The van der Waals surface area contributed by atoms with E-state index in [4.69, 9.17) is 10.5 Å². The maximum Gasteiger partial charge on any atom is 0.416 e. The molecule has 0 aliphatic carbocycles. The van der Waals surface area contributed by atoms with Crippen LogP contribution in [0.4, 0.5) is 30.6 Å². The number of rotatable bonds is 8. The number of halogens is 3. The normalized spacial score (nSPS) is 14.4. The SMILES string of the molecule is CSc1nc(N)nc(N(CCC2CCOCC2)CC(=O)Nc2cccc(C(F)(F)F)c2)c1C#N. The summed E-state index contributed by atoms with van der Waals surface area (Å²) in [6.07, 6.45) is -0.276. The second-order valence-electron chi connectivity index (χ2n) is 7.79. The Morgan fingerprint density at radius 1 is 1.35 bits per heavy atom. The second kappa shape index (κ2) is 11.4. The van der Waals surface area contributed by atoms with E-state index in [0.717, 1.165) is 31.4 Å². The number of carbonyl (C=O) groups is 1. The quantitative estimate of drug-likeness (QED) is 0.419. The van der Waals surface area contributed by atoms with E-state index in [1.54, 1.807) is 11.2 Å². The summed E-state index contributed by atoms with van der Waals surface area (Å²) < 4.78 is 44.5. The molecule has 0 spiro atoms. The van der Waals surface area contributed by atoms with Gasteiger partial charge in [-0.15, -0.1) is 11.8 Å². The lowest BCUT2D eigenvalue weighted by Gasteiger charge is -2.28. The first-order valence-electron chi connectivity index (χ1n) is 10.6. The molecular weight excluding hydrogens is 469 g/mol. The molecule has 3 N–H and O–H groups in total. The molecule has 3 rings (SSSR count). The minimum absolute atomic E-state index is 0.0247. The topological polar surface area (TPSA) is 117 Å². The Labute approximate surface area is 199 Å². The highest BCUT2D eigenvalue weighted by molar-refractivity contribution is 7.98. The fourth-order valence-corrected chi connectivity index (χ4v) is 4.23. The average Bonchev–Trinajstić information content (AvgIpc) is 2.81. The third-order valence-corrected chi connectivity index (χ3v) is 6.12. The summed E-state index contributed by atoms with van der Waals surface area (Å²) in [5, 5.41) is 12.6. The van der Waals surface area contributed by atoms with Crippen molar-refractivity contribution in [1.29, 1.82) is 5.26 Å². The number of nitrogen functional groups attached to an aromatic ring is 1. The third-order valence-electron chi connectivity index (χ3n) is 5.43. The summed E-state index contributed by atoms with van der Waals surface area (Å²) in [5.74, 6) is 0.0314. The van der Waals surface area contributed by atoms with Gasteiger partial charge < -0.3 is 20.7 Å². The van der Waals surface area contributed by atoms with Gasteiger partial charge in [0.05, 0.1) is 12.1 Å². The van der Waals surface area contributed by atoms with Gasteiger partial charge in [0.15, 0.2) is 5.82 Å². The first-order chi connectivity index (χ1) is 16.2. The number of nitrogens with zero attached hydrogens (tertiary/aromatic N) is 4. The zero-order chi connectivity index (χ0) is 24.7. The van der Waals surface area contributed by atoms with Crippen molar-refractivity contribution in [1.82, 2.24) is 9.97 Å². The number of amides is 1. The first kappa shape index (κ1) is 25.6. The Morgan fingerprint density at radius 3 is 2.74 bits per heavy atom. The standard InChI is InChI=1S/C22H25F3N6O2S/c1-34-20-17(12-26)19(29-21(27)30-20)31(8-5-14-6-9-33-10-7-14)13-18(32)28-16-4-2-3-15(11-16)22(23,24)25/h2-4,11,14H,5-10,13H2,1H3,(H,28,32)(H2,27,29,30). The number of nitriles is 1. The molecule has 0 radical (unpaired) electrons. The Morgan fingerprint density at radius 2 is 2.09 bits per heavy atom. The maximum absolute atomic E-state index is 13.0. The number of anilines is 3. The third kappa shape index (κ3) is 6.74. The zero-order valence-electron chi connectivity index (χ0n) is 18.6. The number of alkyl halides is 3. The molecule has 182 valence electrons. The van der Waals surface area contributed by atoms with Crippen molar-refractivity contribution < 1.29 is 22.7 Å². The number of hydrogen-bond acceptors (Lipinski definition) is 8. The molecule has 1 aromatic carbocycles. The molecule has 0 bridgehead atoms. The summed E-state index contributed by atoms with van der Waals surface area (Å²) in [5.41, 5.74) is 5.21. The lowest BCUT2D eigenvalue weighted by molar-refractivity contribution is -0.137. The Balaban J connectivity index is 1.83. The van der Waals surface area contributed by atoms with Crippen molar-refractivity contribution >= 4 is 35.1 Å². The van der Waals surface area contributed by atoms with Crippen LogP contribution < -0.4 is 16.0 Å². The molecule has 1 aliphatic rings. The van der Waals surface area contributed by atoms with Crippen LogP contribution in [-0.4, -0.2) is 48.4 Å². The summed E-state index contributed by atoms with van der Waals surface area (Å²) in [7, 11) is 0. The first-order valence-corrected chi connectivity index (χ1v) is 11.8. The number of nitrogens with one attached hydrogen (secondary N) is 1. The van der Waals surface area contributed by atoms with E-state index in [0.29, 0.717) is 30.7 Å². The van der Waals surface area contributed by atoms with E-state index in [2.05, 4.69) is 21.4 Å². The van der Waals surface area contributed by atoms with Crippen LogP contribution in [0, 0.1) is 17.2 Å². The molecule has 8 nitrogen and oxygen atoms in total. The van der Waals surface area contributed by atoms with E-state index in [-0.39, 0.29) is 29.6 Å². The molecule has 1 aliphatic heterocycles. The second-order valence-corrected chi connectivity index (χ2v) is 8.59. The predicted octanol–water partition coefficient (Wildman–Crippen LogP) is 3.93. The number of carbonyl (C=O) groups excluding carboxylic acids is 1. The lowest BCUT2D eigenvalue weighted by Crippen LogP contribution is -2.36. The zero-order valence-corrected chi connectivity index (χ0v) is 19.4. The molecule has 0 unspecified atom stereocenters. The van der Waals surface area contributed by atoms with Gasteiger partial charge in [0.25, 0.3) is 0 Å². The van der Waals surface area contributed by atoms with Gasteiger partial charge in [-0.2, -0.15) is 23.4 Å². The van der Waals surface area contributed by atoms with Crippen molar-refractivity contribution in [3.05, 3.63) is 35.4 Å². The van der Waals surface area contributed by atoms with Crippen molar-refractivity contribution in [3.63, 3.8) is 0 Å². The number of hydrogen-bond donors (Lipinski definition) is 2. The highest BCUT2D eigenvalue weighted by Gasteiger charge is 2.30. The van der Waals surface area contributed by atoms with E-state index < -0.39 is 17.6 Å². The van der Waals surface area contributed by atoms with E-state index >= 15 is 0 Å². The summed E-state index contributed by atoms with van der Waals surface area (Å²) in [6.45, 7) is 1.51. The van der Waals surface area contributed by atoms with Gasteiger partial charge in [0.1, 0.15) is 16.7 Å². The molecule has 0 atom stereocenters. The highest BCUT2D eigenvalue weighted by Crippen LogP contribution is 2.31. The fourth-order valence-electron chi connectivity index (χ4n) is 3.70. The van der Waals surface area contributed by atoms with Crippen LogP contribution in [0.3, 0.4) is 0 Å². The molecular formula is C22H25F3N6O2S. The molecule has 1 fully saturated rings. The number of thioether (sulfide) groups is 1. The molecule has 2 aromatic rings. The highest BCUT2D eigenvalue weighted by atomic mass is 32.2. The van der Waals surface area contributed by atoms with Gasteiger partial charge in [0, 0.05) is 25.4 Å². The largest absolute Gasteiger partial charge is 0.416 e. The van der Waals surface area contributed by atoms with Crippen LogP contribution in [0.5, 0.6) is 0 Å². The van der Waals surface area contributed by atoms with E-state index in [1.165, 1.54) is 23.9 Å². The molecule has 1 aromatic heterocycles. The van der Waals surface area contributed by atoms with Crippen LogP contribution in [-0.2, 0) is 15.7 Å². The van der Waals surface area contributed by atoms with Gasteiger partial charge >= 0.3 is 6.18 Å². The van der Waals surface area contributed by atoms with Crippen LogP contribution >= 0.6 is 11.8 Å². The van der Waals surface area contributed by atoms with E-state index in [1.807, 2.05) is 0 Å². The Kier molecular flexibility index (Phi) is 8.57. The van der Waals surface area contributed by atoms with Gasteiger partial charge in [-0.25, -0.2) is 4.98 Å². The summed E-state index contributed by atoms with van der Waals surface area (Å²) >= 11 is 1.23. The molecule has 1 amide bonds. The minimum Gasteiger partial charge on any atom is -0.381 e. The van der Waals surface area contributed by atoms with Crippen LogP contribution in [0.2, 0.25) is 0 Å². The maximum atomic E-state index is 13.0. The van der Waals surface area contributed by atoms with Crippen molar-refractivity contribution in [2.75, 3.05) is 48.5 Å². The van der Waals surface area contributed by atoms with E-state index in [9.17, 15) is 23.2 Å². The summed E-state index contributed by atoms with van der Waals surface area (Å²) in [6, 6.07) is 6.51. The van der Waals surface area contributed by atoms with Gasteiger partial charge in [-0.05, 0) is 49.6 Å². The monoisotopic (exact) mass is 494 g/mol. The van der Waals surface area contributed by atoms with Crippen LogP contribution in [0.25, 0.3) is 0 Å². The Hall–Kier alpha value is -3.04. The minimum atomic E-state index is -4.52. The van der Waals surface area contributed by atoms with Crippen molar-refractivity contribution in [2.45, 2.75) is 30.5 Å². The molecule has 34 heavy (non-hydrogen) atoms. The number of ether oxygens (including phenoxy) is 1.